The van der Waals surface area contributed by atoms with E-state index >= 15 is 0 Å². The molecule has 2 atom stereocenters. The van der Waals surface area contributed by atoms with Gasteiger partial charge in [0.05, 0.1) is 12.5 Å². The Morgan fingerprint density at radius 2 is 1.00 bits per heavy atom. The molecule has 0 spiro atoms. The van der Waals surface area contributed by atoms with Gasteiger partial charge in [-0.15, -0.1) is 0 Å². The molecular formula is C31H62O2. The minimum atomic E-state index is 0.0108. The van der Waals surface area contributed by atoms with Gasteiger partial charge < -0.3 is 4.74 Å². The fraction of sp³-hybridized carbons (Fsp3) is 0.968. The SMILES string of the molecule is CCCCCCCCCCCCCCCCOC(=O)C(CCCC)C(C)(C)C(C)CCCC. The molecule has 0 fully saturated rings. The number of ether oxygens (including phenoxy) is 1. The zero-order valence-electron chi connectivity index (χ0n) is 23.8. The summed E-state index contributed by atoms with van der Waals surface area (Å²) in [4.78, 5) is 13.0. The predicted molar refractivity (Wildman–Crippen MR) is 147 cm³/mol. The minimum absolute atomic E-state index is 0.0108. The van der Waals surface area contributed by atoms with Crippen molar-refractivity contribution in [2.75, 3.05) is 6.61 Å². The summed E-state index contributed by atoms with van der Waals surface area (Å²) in [5, 5.41) is 0. The predicted octanol–water partition coefficient (Wildman–Crippen LogP) is 10.7. The van der Waals surface area contributed by atoms with E-state index in [1.54, 1.807) is 0 Å². The van der Waals surface area contributed by atoms with Crippen molar-refractivity contribution >= 4 is 5.97 Å². The van der Waals surface area contributed by atoms with Crippen LogP contribution in [0.2, 0.25) is 0 Å². The monoisotopic (exact) mass is 466 g/mol. The molecule has 2 heteroatoms. The van der Waals surface area contributed by atoms with Crippen LogP contribution in [0.3, 0.4) is 0 Å². The highest BCUT2D eigenvalue weighted by atomic mass is 16.5. The molecule has 0 amide bonds. The van der Waals surface area contributed by atoms with Gasteiger partial charge in [-0.2, -0.15) is 0 Å². The van der Waals surface area contributed by atoms with Crippen molar-refractivity contribution in [1.29, 1.82) is 0 Å². The lowest BCUT2D eigenvalue weighted by Gasteiger charge is -2.38. The van der Waals surface area contributed by atoms with E-state index in [1.165, 1.54) is 103 Å². The molecule has 0 aliphatic heterocycles. The number of rotatable bonds is 24. The molecule has 0 aromatic carbocycles. The summed E-state index contributed by atoms with van der Waals surface area (Å²) < 4.78 is 5.81. The van der Waals surface area contributed by atoms with E-state index in [2.05, 4.69) is 41.5 Å². The third-order valence-electron chi connectivity index (χ3n) is 8.03. The average molecular weight is 467 g/mol. The first-order valence-electron chi connectivity index (χ1n) is 15.1. The summed E-state index contributed by atoms with van der Waals surface area (Å²) >= 11 is 0. The van der Waals surface area contributed by atoms with Crippen LogP contribution in [-0.4, -0.2) is 12.6 Å². The van der Waals surface area contributed by atoms with Gasteiger partial charge in [-0.3, -0.25) is 4.79 Å². The summed E-state index contributed by atoms with van der Waals surface area (Å²) in [5.41, 5.74) is 0.0108. The quantitative estimate of drug-likeness (QED) is 0.104. The lowest BCUT2D eigenvalue weighted by Crippen LogP contribution is -2.37. The van der Waals surface area contributed by atoms with E-state index < -0.39 is 0 Å². The molecule has 0 aromatic heterocycles. The average Bonchev–Trinajstić information content (AvgIpc) is 2.80. The van der Waals surface area contributed by atoms with Gasteiger partial charge in [-0.05, 0) is 24.2 Å². The molecular weight excluding hydrogens is 404 g/mol. The molecule has 0 saturated carbocycles. The molecule has 0 bridgehead atoms. The van der Waals surface area contributed by atoms with Crippen molar-refractivity contribution in [2.24, 2.45) is 17.3 Å². The molecule has 0 radical (unpaired) electrons. The summed E-state index contributed by atoms with van der Waals surface area (Å²) in [6.45, 7) is 14.3. The van der Waals surface area contributed by atoms with Gasteiger partial charge in [-0.25, -0.2) is 0 Å². The van der Waals surface area contributed by atoms with Crippen molar-refractivity contribution in [3.63, 3.8) is 0 Å². The van der Waals surface area contributed by atoms with Crippen LogP contribution >= 0.6 is 0 Å². The molecule has 0 N–H and O–H groups in total. The Kier molecular flexibility index (Phi) is 21.6. The van der Waals surface area contributed by atoms with Gasteiger partial charge in [0.2, 0.25) is 0 Å². The van der Waals surface area contributed by atoms with Crippen LogP contribution < -0.4 is 0 Å². The zero-order chi connectivity index (χ0) is 24.8. The molecule has 33 heavy (non-hydrogen) atoms. The van der Waals surface area contributed by atoms with Crippen molar-refractivity contribution in [3.8, 4) is 0 Å². The Hall–Kier alpha value is -0.530. The third kappa shape index (κ3) is 16.7. The van der Waals surface area contributed by atoms with Gasteiger partial charge in [-0.1, -0.05) is 157 Å². The lowest BCUT2D eigenvalue weighted by molar-refractivity contribution is -0.155. The number of hydrogen-bond acceptors (Lipinski definition) is 2. The van der Waals surface area contributed by atoms with E-state index in [9.17, 15) is 4.79 Å². The van der Waals surface area contributed by atoms with Crippen molar-refractivity contribution < 1.29 is 9.53 Å². The van der Waals surface area contributed by atoms with E-state index in [1.807, 2.05) is 0 Å². The molecule has 0 aliphatic carbocycles. The van der Waals surface area contributed by atoms with Gasteiger partial charge in [0.25, 0.3) is 0 Å². The minimum Gasteiger partial charge on any atom is -0.465 e. The highest BCUT2D eigenvalue weighted by molar-refractivity contribution is 5.73. The Morgan fingerprint density at radius 3 is 1.45 bits per heavy atom. The normalized spacial score (nSPS) is 13.8. The number of carbonyl (C=O) groups excluding carboxylic acids is 1. The van der Waals surface area contributed by atoms with Crippen molar-refractivity contribution in [1.82, 2.24) is 0 Å². The molecule has 2 unspecified atom stereocenters. The number of unbranched alkanes of at least 4 members (excludes halogenated alkanes) is 15. The van der Waals surface area contributed by atoms with Crippen LogP contribution in [0, 0.1) is 17.3 Å². The highest BCUT2D eigenvalue weighted by Crippen LogP contribution is 2.41. The topological polar surface area (TPSA) is 26.3 Å². The largest absolute Gasteiger partial charge is 0.465 e. The molecule has 0 rings (SSSR count). The molecule has 0 saturated heterocycles. The van der Waals surface area contributed by atoms with Crippen LogP contribution in [0.4, 0.5) is 0 Å². The fourth-order valence-electron chi connectivity index (χ4n) is 5.00. The molecule has 0 heterocycles. The van der Waals surface area contributed by atoms with E-state index in [0.29, 0.717) is 12.5 Å². The van der Waals surface area contributed by atoms with Crippen molar-refractivity contribution in [2.45, 2.75) is 170 Å². The second-order valence-electron chi connectivity index (χ2n) is 11.3. The zero-order valence-corrected chi connectivity index (χ0v) is 23.8. The maximum Gasteiger partial charge on any atom is 0.309 e. The standard InChI is InChI=1S/C31H62O2/c1-7-10-13-14-15-16-17-18-19-20-21-22-23-24-27-33-30(32)29(26-12-9-3)31(5,6)28(4)25-11-8-2/h28-29H,7-27H2,1-6H3. The van der Waals surface area contributed by atoms with Crippen LogP contribution in [0.15, 0.2) is 0 Å². The highest BCUT2D eigenvalue weighted by Gasteiger charge is 2.39. The maximum atomic E-state index is 13.0. The summed E-state index contributed by atoms with van der Waals surface area (Å²) in [5.74, 6) is 0.648. The van der Waals surface area contributed by atoms with Crippen LogP contribution in [0.5, 0.6) is 0 Å². The second-order valence-corrected chi connectivity index (χ2v) is 11.3. The third-order valence-corrected chi connectivity index (χ3v) is 8.03. The first-order valence-corrected chi connectivity index (χ1v) is 15.1. The molecule has 2 nitrogen and oxygen atoms in total. The van der Waals surface area contributed by atoms with Crippen LogP contribution in [0.25, 0.3) is 0 Å². The number of hydrogen-bond donors (Lipinski definition) is 0. The number of carbonyl (C=O) groups is 1. The summed E-state index contributed by atoms with van der Waals surface area (Å²) in [6, 6.07) is 0. The fourth-order valence-corrected chi connectivity index (χ4v) is 5.00. The Labute approximate surface area is 209 Å². The van der Waals surface area contributed by atoms with Crippen LogP contribution in [-0.2, 0) is 9.53 Å². The van der Waals surface area contributed by atoms with Gasteiger partial charge in [0.1, 0.15) is 0 Å². The molecule has 0 aromatic rings. The summed E-state index contributed by atoms with van der Waals surface area (Å²) in [7, 11) is 0. The van der Waals surface area contributed by atoms with E-state index in [-0.39, 0.29) is 17.3 Å². The van der Waals surface area contributed by atoms with Gasteiger partial charge in [0.15, 0.2) is 0 Å². The Morgan fingerprint density at radius 1 is 0.606 bits per heavy atom. The molecule has 198 valence electrons. The smallest absolute Gasteiger partial charge is 0.309 e. The first-order chi connectivity index (χ1) is 15.9. The van der Waals surface area contributed by atoms with E-state index in [0.717, 1.165) is 25.7 Å². The number of esters is 1. The lowest BCUT2D eigenvalue weighted by atomic mass is 9.67. The summed E-state index contributed by atoms with van der Waals surface area (Å²) in [6.07, 6.45) is 25.9. The Balaban J connectivity index is 3.94. The van der Waals surface area contributed by atoms with Gasteiger partial charge >= 0.3 is 5.97 Å². The van der Waals surface area contributed by atoms with E-state index in [4.69, 9.17) is 4.74 Å². The van der Waals surface area contributed by atoms with Gasteiger partial charge in [0, 0.05) is 0 Å². The maximum absolute atomic E-state index is 13.0. The Bertz CT molecular complexity index is 429. The second kappa shape index (κ2) is 22.0. The van der Waals surface area contributed by atoms with Crippen molar-refractivity contribution in [3.05, 3.63) is 0 Å². The van der Waals surface area contributed by atoms with Crippen LogP contribution in [0.1, 0.15) is 170 Å². The first kappa shape index (κ1) is 32.5. The molecule has 0 aliphatic rings.